The first-order chi connectivity index (χ1) is 14.9. The fraction of sp³-hybridized carbons (Fsp3) is 0.708. The summed E-state index contributed by atoms with van der Waals surface area (Å²) in [7, 11) is -3.30. The van der Waals surface area contributed by atoms with E-state index in [0.29, 0.717) is 24.6 Å². The molecule has 8 heteroatoms. The highest BCUT2D eigenvalue weighted by molar-refractivity contribution is 7.90. The smallest absolute Gasteiger partial charge is 0.254 e. The Balaban J connectivity index is 1.45. The van der Waals surface area contributed by atoms with Crippen molar-refractivity contribution >= 4 is 21.6 Å². The Morgan fingerprint density at radius 3 is 2.12 bits per heavy atom. The van der Waals surface area contributed by atoms with Gasteiger partial charge in [-0.25, -0.2) is 13.1 Å². The van der Waals surface area contributed by atoms with Gasteiger partial charge in [0.15, 0.2) is 0 Å². The van der Waals surface area contributed by atoms with E-state index in [1.807, 2.05) is 43.0 Å². The number of benzene rings is 1. The highest BCUT2D eigenvalue weighted by atomic mass is 32.2. The first-order valence-electron chi connectivity index (χ1n) is 11.7. The first-order valence-corrected chi connectivity index (χ1v) is 13.2. The number of anilines is 1. The van der Waals surface area contributed by atoms with Gasteiger partial charge in [0.25, 0.3) is 5.91 Å². The maximum absolute atomic E-state index is 12.8. The molecule has 1 heterocycles. The van der Waals surface area contributed by atoms with Crippen molar-refractivity contribution < 1.29 is 17.9 Å². The molecule has 2 fully saturated rings. The monoisotopic (exact) mass is 465 g/mol. The number of nitrogens with one attached hydrogen (secondary N) is 2. The maximum Gasteiger partial charge on any atom is 0.254 e. The van der Waals surface area contributed by atoms with Gasteiger partial charge in [-0.2, -0.15) is 0 Å². The van der Waals surface area contributed by atoms with E-state index < -0.39 is 14.8 Å². The van der Waals surface area contributed by atoms with Crippen molar-refractivity contribution in [2.45, 2.75) is 83.3 Å². The van der Waals surface area contributed by atoms with Crippen LogP contribution in [0, 0.1) is 5.92 Å². The average Bonchev–Trinajstić information content (AvgIpc) is 2.71. The number of hydrogen-bond acceptors (Lipinski definition) is 5. The van der Waals surface area contributed by atoms with Crippen molar-refractivity contribution in [3.63, 3.8) is 0 Å². The summed E-state index contributed by atoms with van der Waals surface area (Å²) in [6.45, 7) is 11.3. The molecule has 0 aromatic heterocycles. The molecule has 7 nitrogen and oxygen atoms in total. The van der Waals surface area contributed by atoms with Crippen molar-refractivity contribution in [1.82, 2.24) is 9.62 Å². The zero-order valence-electron chi connectivity index (χ0n) is 20.1. The normalized spacial score (nSPS) is 27.2. The molecule has 1 aromatic carbocycles. The number of ether oxygens (including phenoxy) is 1. The Morgan fingerprint density at radius 2 is 1.59 bits per heavy atom. The van der Waals surface area contributed by atoms with E-state index in [2.05, 4.69) is 10.0 Å². The van der Waals surface area contributed by atoms with Gasteiger partial charge in [0, 0.05) is 36.9 Å². The van der Waals surface area contributed by atoms with E-state index in [1.165, 1.54) is 0 Å². The lowest BCUT2D eigenvalue weighted by Gasteiger charge is -2.35. The van der Waals surface area contributed by atoms with Gasteiger partial charge in [0.2, 0.25) is 10.0 Å². The maximum atomic E-state index is 12.8. The molecular weight excluding hydrogens is 426 g/mol. The molecule has 1 amide bonds. The molecule has 1 aliphatic heterocycles. The summed E-state index contributed by atoms with van der Waals surface area (Å²) >= 11 is 0. The van der Waals surface area contributed by atoms with Gasteiger partial charge in [-0.15, -0.1) is 0 Å². The van der Waals surface area contributed by atoms with Crippen LogP contribution in [0.2, 0.25) is 0 Å². The van der Waals surface area contributed by atoms with Crippen LogP contribution in [0.4, 0.5) is 5.69 Å². The van der Waals surface area contributed by atoms with E-state index in [1.54, 1.807) is 20.8 Å². The van der Waals surface area contributed by atoms with Crippen LogP contribution in [-0.4, -0.2) is 61.9 Å². The van der Waals surface area contributed by atoms with Gasteiger partial charge in [-0.05, 0) is 90.5 Å². The fourth-order valence-corrected chi connectivity index (χ4v) is 5.43. The Kier molecular flexibility index (Phi) is 7.89. The molecule has 0 bridgehead atoms. The molecule has 0 unspecified atom stereocenters. The summed E-state index contributed by atoms with van der Waals surface area (Å²) in [6, 6.07) is 7.72. The number of nitrogens with zero attached hydrogens (tertiary/aromatic N) is 1. The minimum atomic E-state index is -3.30. The summed E-state index contributed by atoms with van der Waals surface area (Å²) in [5, 5.41) is 3.48. The second-order valence-corrected chi connectivity index (χ2v) is 12.8. The van der Waals surface area contributed by atoms with E-state index in [-0.39, 0.29) is 24.2 Å². The van der Waals surface area contributed by atoms with E-state index in [9.17, 15) is 13.2 Å². The van der Waals surface area contributed by atoms with Crippen LogP contribution in [0.5, 0.6) is 0 Å². The van der Waals surface area contributed by atoms with E-state index in [4.69, 9.17) is 4.74 Å². The number of sulfonamides is 1. The molecule has 1 aromatic rings. The van der Waals surface area contributed by atoms with Crippen molar-refractivity contribution in [2.75, 3.05) is 25.0 Å². The van der Waals surface area contributed by atoms with Crippen molar-refractivity contribution in [2.24, 2.45) is 5.92 Å². The number of amides is 1. The predicted octanol–water partition coefficient (Wildman–Crippen LogP) is 3.62. The molecule has 1 saturated heterocycles. The Bertz CT molecular complexity index is 862. The summed E-state index contributed by atoms with van der Waals surface area (Å²) in [4.78, 5) is 14.7. The van der Waals surface area contributed by atoms with E-state index >= 15 is 0 Å². The number of rotatable bonds is 6. The van der Waals surface area contributed by atoms with Gasteiger partial charge < -0.3 is 15.0 Å². The lowest BCUT2D eigenvalue weighted by molar-refractivity contribution is -0.0586. The summed E-state index contributed by atoms with van der Waals surface area (Å²) in [5.41, 5.74) is 1.70. The highest BCUT2D eigenvalue weighted by Crippen LogP contribution is 2.27. The third-order valence-corrected chi connectivity index (χ3v) is 8.66. The Labute approximate surface area is 193 Å². The Morgan fingerprint density at radius 1 is 1.03 bits per heavy atom. The standard InChI is InChI=1S/C24H39N3O4S/c1-17-15-27(16-18(2)31-17)23(28)20-8-12-21(13-9-20)25-14-19-6-10-22(11-7-19)26-32(29,30)24(3,4)5/h8-9,12-13,17-19,22,25-26H,6-7,10-11,14-16H2,1-5H3/t17-,18+,19-,22-. The van der Waals surface area contributed by atoms with Crippen LogP contribution in [0.15, 0.2) is 24.3 Å². The molecule has 1 saturated carbocycles. The largest absolute Gasteiger partial charge is 0.385 e. The molecule has 2 N–H and O–H groups in total. The Hall–Kier alpha value is -1.64. The van der Waals surface area contributed by atoms with Gasteiger partial charge >= 0.3 is 0 Å². The number of morpholine rings is 1. The molecule has 180 valence electrons. The summed E-state index contributed by atoms with van der Waals surface area (Å²) in [5.74, 6) is 0.567. The fourth-order valence-electron chi connectivity index (χ4n) is 4.40. The average molecular weight is 466 g/mol. The lowest BCUT2D eigenvalue weighted by Crippen LogP contribution is -2.48. The molecule has 0 spiro atoms. The second-order valence-electron chi connectivity index (χ2n) is 10.4. The summed E-state index contributed by atoms with van der Waals surface area (Å²) < 4.78 is 32.6. The number of carbonyl (C=O) groups is 1. The minimum absolute atomic E-state index is 0.0337. The van der Waals surface area contributed by atoms with Crippen LogP contribution in [0.3, 0.4) is 0 Å². The van der Waals surface area contributed by atoms with Crippen LogP contribution in [0.1, 0.15) is 70.7 Å². The predicted molar refractivity (Wildman–Crippen MR) is 128 cm³/mol. The van der Waals surface area contributed by atoms with Gasteiger partial charge in [0.05, 0.1) is 17.0 Å². The molecular formula is C24H39N3O4S. The van der Waals surface area contributed by atoms with Gasteiger partial charge in [0.1, 0.15) is 0 Å². The number of hydrogen-bond donors (Lipinski definition) is 2. The third kappa shape index (κ3) is 6.45. The minimum Gasteiger partial charge on any atom is -0.385 e. The van der Waals surface area contributed by atoms with Gasteiger partial charge in [-0.1, -0.05) is 0 Å². The van der Waals surface area contributed by atoms with Crippen LogP contribution in [-0.2, 0) is 14.8 Å². The third-order valence-electron chi connectivity index (χ3n) is 6.41. The molecule has 3 rings (SSSR count). The van der Waals surface area contributed by atoms with Crippen LogP contribution in [0.25, 0.3) is 0 Å². The van der Waals surface area contributed by atoms with Crippen molar-refractivity contribution in [3.05, 3.63) is 29.8 Å². The zero-order chi connectivity index (χ0) is 23.5. The quantitative estimate of drug-likeness (QED) is 0.670. The van der Waals surface area contributed by atoms with Crippen LogP contribution < -0.4 is 10.0 Å². The topological polar surface area (TPSA) is 87.7 Å². The highest BCUT2D eigenvalue weighted by Gasteiger charge is 2.33. The SMILES string of the molecule is C[C@@H]1CN(C(=O)c2ccc(NC[C@H]3CC[C@H](NS(=O)(=O)C(C)(C)C)CC3)cc2)C[C@H](C)O1. The van der Waals surface area contributed by atoms with Crippen molar-refractivity contribution in [3.8, 4) is 0 Å². The summed E-state index contributed by atoms with van der Waals surface area (Å²) in [6.07, 6.45) is 3.84. The zero-order valence-corrected chi connectivity index (χ0v) is 20.9. The molecule has 32 heavy (non-hydrogen) atoms. The van der Waals surface area contributed by atoms with Crippen LogP contribution >= 0.6 is 0 Å². The number of carbonyl (C=O) groups excluding carboxylic acids is 1. The molecule has 0 radical (unpaired) electrons. The van der Waals surface area contributed by atoms with Gasteiger partial charge in [-0.3, -0.25) is 4.79 Å². The first kappa shape index (κ1) is 25.0. The molecule has 2 atom stereocenters. The van der Waals surface area contributed by atoms with Crippen molar-refractivity contribution in [1.29, 1.82) is 0 Å². The molecule has 1 aliphatic carbocycles. The second kappa shape index (κ2) is 10.1. The van der Waals surface area contributed by atoms with E-state index in [0.717, 1.165) is 37.9 Å². The lowest BCUT2D eigenvalue weighted by atomic mass is 9.86. The molecule has 2 aliphatic rings.